The van der Waals surface area contributed by atoms with Gasteiger partial charge in [0.1, 0.15) is 11.5 Å². The highest BCUT2D eigenvalue weighted by atomic mass is 19.1. The molecular formula is C15H12FN7. The molecule has 7 nitrogen and oxygen atoms in total. The molecule has 114 valence electrons. The summed E-state index contributed by atoms with van der Waals surface area (Å²) in [4.78, 5) is 5.23. The number of hydrogen-bond donors (Lipinski definition) is 1. The van der Waals surface area contributed by atoms with Crippen molar-refractivity contribution >= 4 is 5.69 Å². The predicted molar refractivity (Wildman–Crippen MR) is 81.2 cm³/mol. The van der Waals surface area contributed by atoms with Crippen molar-refractivity contribution in [2.45, 2.75) is 6.92 Å². The lowest BCUT2D eigenvalue weighted by atomic mass is 10.2. The smallest absolute Gasteiger partial charge is 0.223 e. The zero-order valence-corrected chi connectivity index (χ0v) is 12.2. The lowest BCUT2D eigenvalue weighted by Crippen LogP contribution is -2.03. The molecule has 0 unspecified atom stereocenters. The lowest BCUT2D eigenvalue weighted by molar-refractivity contribution is 0.621. The molecule has 0 aliphatic rings. The van der Waals surface area contributed by atoms with Crippen LogP contribution in [0.1, 0.15) is 12.5 Å². The van der Waals surface area contributed by atoms with Crippen molar-refractivity contribution in [2.75, 3.05) is 11.9 Å². The molecule has 0 fully saturated rings. The van der Waals surface area contributed by atoms with Gasteiger partial charge in [-0.05, 0) is 42.5 Å². The van der Waals surface area contributed by atoms with E-state index in [0.717, 1.165) is 18.4 Å². The van der Waals surface area contributed by atoms with E-state index in [4.69, 9.17) is 5.26 Å². The number of halogens is 1. The van der Waals surface area contributed by atoms with Crippen LogP contribution in [0.25, 0.3) is 17.2 Å². The van der Waals surface area contributed by atoms with Crippen molar-refractivity contribution in [3.63, 3.8) is 0 Å². The maximum absolute atomic E-state index is 12.9. The standard InChI is InChI=1S/C15H12FN7/c1-2-18-12-5-10(8-17)6-13(7-12)23-21-15(20-22-23)14-4-3-11(16)9-19-14/h3-7,9,18H,2H2,1H3. The van der Waals surface area contributed by atoms with Gasteiger partial charge < -0.3 is 5.32 Å². The Balaban J connectivity index is 1.98. The quantitative estimate of drug-likeness (QED) is 0.794. The van der Waals surface area contributed by atoms with Crippen LogP contribution in [0.2, 0.25) is 0 Å². The molecule has 1 N–H and O–H groups in total. The molecule has 0 amide bonds. The van der Waals surface area contributed by atoms with Crippen molar-refractivity contribution in [3.05, 3.63) is 47.9 Å². The molecule has 2 heterocycles. The normalized spacial score (nSPS) is 10.3. The van der Waals surface area contributed by atoms with Crippen molar-refractivity contribution in [1.29, 1.82) is 5.26 Å². The van der Waals surface area contributed by atoms with E-state index in [1.54, 1.807) is 12.1 Å². The predicted octanol–water partition coefficient (Wildman–Crippen LogP) is 2.17. The van der Waals surface area contributed by atoms with Gasteiger partial charge in [-0.15, -0.1) is 15.0 Å². The second-order valence-corrected chi connectivity index (χ2v) is 4.67. The summed E-state index contributed by atoms with van der Waals surface area (Å²) in [7, 11) is 0. The molecule has 0 saturated heterocycles. The van der Waals surface area contributed by atoms with Gasteiger partial charge in [0, 0.05) is 12.2 Å². The first-order chi connectivity index (χ1) is 11.2. The molecule has 3 aromatic rings. The molecule has 0 spiro atoms. The number of tetrazole rings is 1. The molecule has 2 aromatic heterocycles. The van der Waals surface area contributed by atoms with Gasteiger partial charge in [-0.2, -0.15) is 5.26 Å². The van der Waals surface area contributed by atoms with E-state index in [1.807, 2.05) is 13.0 Å². The minimum Gasteiger partial charge on any atom is -0.385 e. The van der Waals surface area contributed by atoms with Crippen LogP contribution in [0.5, 0.6) is 0 Å². The third-order valence-corrected chi connectivity index (χ3v) is 3.03. The number of anilines is 1. The summed E-state index contributed by atoms with van der Waals surface area (Å²) < 4.78 is 12.9. The molecule has 0 bridgehead atoms. The van der Waals surface area contributed by atoms with E-state index in [9.17, 15) is 4.39 Å². The third kappa shape index (κ3) is 3.13. The minimum absolute atomic E-state index is 0.275. The van der Waals surface area contributed by atoms with Crippen LogP contribution in [0, 0.1) is 17.1 Å². The summed E-state index contributed by atoms with van der Waals surface area (Å²) in [5, 5.41) is 24.4. The van der Waals surface area contributed by atoms with Crippen LogP contribution in [0.3, 0.4) is 0 Å². The van der Waals surface area contributed by atoms with Crippen LogP contribution in [-0.4, -0.2) is 31.7 Å². The van der Waals surface area contributed by atoms with E-state index in [0.29, 0.717) is 16.9 Å². The average Bonchev–Trinajstić information content (AvgIpc) is 3.05. The van der Waals surface area contributed by atoms with E-state index in [1.165, 1.54) is 16.9 Å². The fraction of sp³-hybridized carbons (Fsp3) is 0.133. The Kier molecular flexibility index (Phi) is 3.93. The summed E-state index contributed by atoms with van der Waals surface area (Å²) in [6.45, 7) is 2.69. The average molecular weight is 309 g/mol. The summed E-state index contributed by atoms with van der Waals surface area (Å²) in [5.74, 6) is -0.157. The molecule has 0 saturated carbocycles. The number of aromatic nitrogens is 5. The second-order valence-electron chi connectivity index (χ2n) is 4.67. The number of benzene rings is 1. The Morgan fingerprint density at radius 2 is 2.17 bits per heavy atom. The highest BCUT2D eigenvalue weighted by Gasteiger charge is 2.10. The maximum Gasteiger partial charge on any atom is 0.223 e. The molecular weight excluding hydrogens is 297 g/mol. The summed E-state index contributed by atoms with van der Waals surface area (Å²) in [6.07, 6.45) is 1.09. The number of nitrogens with zero attached hydrogens (tertiary/aromatic N) is 6. The highest BCUT2D eigenvalue weighted by molar-refractivity contribution is 5.56. The van der Waals surface area contributed by atoms with Crippen molar-refractivity contribution < 1.29 is 4.39 Å². The van der Waals surface area contributed by atoms with Gasteiger partial charge in [-0.1, -0.05) is 0 Å². The van der Waals surface area contributed by atoms with Crippen LogP contribution in [-0.2, 0) is 0 Å². The van der Waals surface area contributed by atoms with E-state index >= 15 is 0 Å². The minimum atomic E-state index is -0.432. The fourth-order valence-corrected chi connectivity index (χ4v) is 2.03. The Labute approximate surface area is 131 Å². The van der Waals surface area contributed by atoms with Crippen LogP contribution in [0.15, 0.2) is 36.5 Å². The molecule has 3 rings (SSSR count). The maximum atomic E-state index is 12.9. The summed E-state index contributed by atoms with van der Waals surface area (Å²) >= 11 is 0. The lowest BCUT2D eigenvalue weighted by Gasteiger charge is -2.06. The largest absolute Gasteiger partial charge is 0.385 e. The van der Waals surface area contributed by atoms with Gasteiger partial charge in [0.25, 0.3) is 0 Å². The number of nitrogens with one attached hydrogen (secondary N) is 1. The first-order valence-corrected chi connectivity index (χ1v) is 6.91. The Morgan fingerprint density at radius 1 is 1.30 bits per heavy atom. The van der Waals surface area contributed by atoms with E-state index in [-0.39, 0.29) is 5.82 Å². The molecule has 0 aliphatic heterocycles. The summed E-state index contributed by atoms with van der Waals surface area (Å²) in [5.41, 5.74) is 2.29. The fourth-order valence-electron chi connectivity index (χ4n) is 2.03. The van der Waals surface area contributed by atoms with Gasteiger partial charge in [-0.3, -0.25) is 0 Å². The SMILES string of the molecule is CCNc1cc(C#N)cc(-n2nnc(-c3ccc(F)cn3)n2)c1. The number of nitriles is 1. The first kappa shape index (κ1) is 14.6. The van der Waals surface area contributed by atoms with Gasteiger partial charge in [0.15, 0.2) is 0 Å². The van der Waals surface area contributed by atoms with Crippen LogP contribution < -0.4 is 5.32 Å². The molecule has 0 radical (unpaired) electrons. The Hall–Kier alpha value is -3.34. The van der Waals surface area contributed by atoms with Crippen molar-refractivity contribution in [3.8, 4) is 23.3 Å². The van der Waals surface area contributed by atoms with Gasteiger partial charge in [0.2, 0.25) is 5.82 Å². The zero-order valence-electron chi connectivity index (χ0n) is 12.2. The van der Waals surface area contributed by atoms with Crippen LogP contribution >= 0.6 is 0 Å². The second kappa shape index (κ2) is 6.19. The topological polar surface area (TPSA) is 92.3 Å². The van der Waals surface area contributed by atoms with Crippen molar-refractivity contribution in [1.82, 2.24) is 25.2 Å². The molecule has 0 atom stereocenters. The summed E-state index contributed by atoms with van der Waals surface area (Å²) in [6, 6.07) is 10.1. The van der Waals surface area contributed by atoms with Gasteiger partial charge in [0.05, 0.1) is 23.5 Å². The van der Waals surface area contributed by atoms with E-state index in [2.05, 4.69) is 31.8 Å². The van der Waals surface area contributed by atoms with Crippen LogP contribution in [0.4, 0.5) is 10.1 Å². The molecule has 23 heavy (non-hydrogen) atoms. The molecule has 0 aliphatic carbocycles. The number of pyridine rings is 1. The van der Waals surface area contributed by atoms with Crippen molar-refractivity contribution in [2.24, 2.45) is 0 Å². The highest BCUT2D eigenvalue weighted by Crippen LogP contribution is 2.18. The Morgan fingerprint density at radius 3 is 2.87 bits per heavy atom. The first-order valence-electron chi connectivity index (χ1n) is 6.91. The Bertz CT molecular complexity index is 864. The van der Waals surface area contributed by atoms with E-state index < -0.39 is 5.82 Å². The monoisotopic (exact) mass is 309 g/mol. The molecule has 8 heteroatoms. The van der Waals surface area contributed by atoms with Gasteiger partial charge in [-0.25, -0.2) is 9.37 Å². The molecule has 1 aromatic carbocycles. The zero-order chi connectivity index (χ0) is 16.2. The third-order valence-electron chi connectivity index (χ3n) is 3.03. The number of hydrogen-bond acceptors (Lipinski definition) is 6. The van der Waals surface area contributed by atoms with Gasteiger partial charge >= 0.3 is 0 Å². The number of rotatable bonds is 4.